The number of nitro benzene ring substituents is 1. The van der Waals surface area contributed by atoms with Crippen molar-refractivity contribution in [3.8, 4) is 5.75 Å². The van der Waals surface area contributed by atoms with E-state index >= 15 is 0 Å². The Morgan fingerprint density at radius 3 is 2.67 bits per heavy atom. The molecule has 0 atom stereocenters. The Labute approximate surface area is 204 Å². The highest BCUT2D eigenvalue weighted by Gasteiger charge is 2.17. The number of hydrazone groups is 1. The van der Waals surface area contributed by atoms with Crippen LogP contribution in [0.1, 0.15) is 21.7 Å². The number of hydrogen-bond acceptors (Lipinski definition) is 6. The van der Waals surface area contributed by atoms with Crippen LogP contribution in [0.25, 0.3) is 11.0 Å². The van der Waals surface area contributed by atoms with E-state index in [9.17, 15) is 14.9 Å². The smallest absolute Gasteiger partial charge is 0.311 e. The lowest BCUT2D eigenvalue weighted by Crippen LogP contribution is -2.16. The topological polar surface area (TPSA) is 107 Å². The number of furan rings is 1. The number of benzene rings is 3. The number of hydrogen-bond donors (Lipinski definition) is 1. The first-order valence-corrected chi connectivity index (χ1v) is 11.2. The molecule has 0 fully saturated rings. The molecule has 33 heavy (non-hydrogen) atoms. The second kappa shape index (κ2) is 9.97. The average Bonchev–Trinajstić information content (AvgIpc) is 3.23. The third-order valence-electron chi connectivity index (χ3n) is 4.56. The molecule has 10 heteroatoms. The van der Waals surface area contributed by atoms with Crippen molar-refractivity contribution in [1.82, 2.24) is 5.43 Å². The van der Waals surface area contributed by atoms with Gasteiger partial charge in [-0.25, -0.2) is 5.43 Å². The fraction of sp³-hybridized carbons (Fsp3) is 0.0435. The summed E-state index contributed by atoms with van der Waals surface area (Å²) in [6, 6.07) is 19.0. The minimum Gasteiger partial charge on any atom is -0.482 e. The molecule has 0 spiro atoms. The van der Waals surface area contributed by atoms with E-state index in [1.165, 1.54) is 18.3 Å². The highest BCUT2D eigenvalue weighted by molar-refractivity contribution is 9.11. The number of amides is 1. The third-order valence-corrected chi connectivity index (χ3v) is 5.60. The number of rotatable bonds is 7. The molecule has 1 N–H and O–H groups in total. The standard InChI is InChI=1S/C23H15Br2N3O5/c24-17-9-16-10-21(33-22(16)18(25)11-17)23(29)27-26-12-15-6-7-20(19(8-15)28(30)31)32-13-14-4-2-1-3-5-14/h1-12H,13H2,(H,27,29)/b26-12-. The fourth-order valence-corrected chi connectivity index (χ4v) is 4.36. The molecule has 0 aliphatic rings. The van der Waals surface area contributed by atoms with E-state index in [1.54, 1.807) is 12.1 Å². The summed E-state index contributed by atoms with van der Waals surface area (Å²) in [4.78, 5) is 23.3. The molecule has 0 saturated heterocycles. The molecule has 166 valence electrons. The highest BCUT2D eigenvalue weighted by atomic mass is 79.9. The quantitative estimate of drug-likeness (QED) is 0.161. The van der Waals surface area contributed by atoms with Crippen molar-refractivity contribution in [3.05, 3.63) is 103 Å². The highest BCUT2D eigenvalue weighted by Crippen LogP contribution is 2.31. The number of nitro groups is 1. The summed E-state index contributed by atoms with van der Waals surface area (Å²) in [5, 5.41) is 16.1. The van der Waals surface area contributed by atoms with Gasteiger partial charge in [0, 0.05) is 21.5 Å². The van der Waals surface area contributed by atoms with Gasteiger partial charge in [0.25, 0.3) is 0 Å². The molecular weight excluding hydrogens is 558 g/mol. The first-order valence-electron chi connectivity index (χ1n) is 9.58. The molecule has 0 radical (unpaired) electrons. The van der Waals surface area contributed by atoms with E-state index in [1.807, 2.05) is 42.5 Å². The zero-order valence-corrected chi connectivity index (χ0v) is 20.0. The summed E-state index contributed by atoms with van der Waals surface area (Å²) >= 11 is 6.78. The van der Waals surface area contributed by atoms with Crippen molar-refractivity contribution in [2.75, 3.05) is 0 Å². The number of carbonyl (C=O) groups is 1. The second-order valence-corrected chi connectivity index (χ2v) is 8.64. The number of nitrogens with zero attached hydrogens (tertiary/aromatic N) is 2. The van der Waals surface area contributed by atoms with E-state index in [0.29, 0.717) is 15.6 Å². The van der Waals surface area contributed by atoms with Gasteiger partial charge < -0.3 is 9.15 Å². The Morgan fingerprint density at radius 1 is 1.12 bits per heavy atom. The van der Waals surface area contributed by atoms with Gasteiger partial charge >= 0.3 is 11.6 Å². The molecule has 0 aliphatic heterocycles. The molecule has 0 unspecified atom stereocenters. The normalized spacial score (nSPS) is 11.1. The Hall–Kier alpha value is -3.50. The number of carbonyl (C=O) groups excluding carboxylic acids is 1. The van der Waals surface area contributed by atoms with Gasteiger partial charge in [-0.05, 0) is 51.8 Å². The maximum atomic E-state index is 12.4. The molecular formula is C23H15Br2N3O5. The van der Waals surface area contributed by atoms with E-state index in [4.69, 9.17) is 9.15 Å². The SMILES string of the molecule is O=C(N/N=C\c1ccc(OCc2ccccc2)c([N+](=O)[O-])c1)c1cc2cc(Br)cc(Br)c2o1. The molecule has 1 aromatic heterocycles. The second-order valence-electron chi connectivity index (χ2n) is 6.87. The van der Waals surface area contributed by atoms with Crippen LogP contribution in [-0.4, -0.2) is 17.0 Å². The van der Waals surface area contributed by atoms with Crippen molar-refractivity contribution in [2.24, 2.45) is 5.10 Å². The van der Waals surface area contributed by atoms with Crippen molar-refractivity contribution in [3.63, 3.8) is 0 Å². The first kappa shape index (κ1) is 22.7. The van der Waals surface area contributed by atoms with Gasteiger partial charge in [-0.3, -0.25) is 14.9 Å². The summed E-state index contributed by atoms with van der Waals surface area (Å²) in [7, 11) is 0. The molecule has 0 saturated carbocycles. The summed E-state index contributed by atoms with van der Waals surface area (Å²) in [5.74, 6) is -0.330. The Morgan fingerprint density at radius 2 is 1.91 bits per heavy atom. The van der Waals surface area contributed by atoms with Crippen molar-refractivity contribution >= 4 is 60.6 Å². The molecule has 3 aromatic carbocycles. The molecule has 4 rings (SSSR count). The van der Waals surface area contributed by atoms with Gasteiger partial charge in [0.05, 0.1) is 15.6 Å². The Balaban J connectivity index is 1.45. The lowest BCUT2D eigenvalue weighted by atomic mass is 10.2. The maximum Gasteiger partial charge on any atom is 0.311 e. The Bertz CT molecular complexity index is 1370. The molecule has 0 aliphatic carbocycles. The van der Waals surface area contributed by atoms with Crippen molar-refractivity contribution in [1.29, 1.82) is 0 Å². The minimum atomic E-state index is -0.553. The van der Waals surface area contributed by atoms with Crippen LogP contribution in [0.3, 0.4) is 0 Å². The van der Waals surface area contributed by atoms with Crippen LogP contribution in [-0.2, 0) is 6.61 Å². The summed E-state index contributed by atoms with van der Waals surface area (Å²) in [5.41, 5.74) is 4.01. The monoisotopic (exact) mass is 571 g/mol. The van der Waals surface area contributed by atoms with E-state index in [2.05, 4.69) is 42.4 Å². The minimum absolute atomic E-state index is 0.0802. The lowest BCUT2D eigenvalue weighted by Gasteiger charge is -2.07. The van der Waals surface area contributed by atoms with Crippen LogP contribution >= 0.6 is 31.9 Å². The van der Waals surface area contributed by atoms with Crippen LogP contribution in [0.5, 0.6) is 5.75 Å². The Kier molecular flexibility index (Phi) is 6.85. The third kappa shape index (κ3) is 5.47. The van der Waals surface area contributed by atoms with Gasteiger partial charge in [-0.2, -0.15) is 5.10 Å². The molecule has 1 amide bonds. The van der Waals surface area contributed by atoms with Gasteiger partial charge in [0.1, 0.15) is 12.2 Å². The van der Waals surface area contributed by atoms with Crippen LogP contribution in [0.15, 0.2) is 85.2 Å². The predicted octanol–water partition coefficient (Wildman–Crippen LogP) is 6.21. The molecule has 8 nitrogen and oxygen atoms in total. The van der Waals surface area contributed by atoms with E-state index in [-0.39, 0.29) is 23.8 Å². The van der Waals surface area contributed by atoms with E-state index in [0.717, 1.165) is 15.4 Å². The summed E-state index contributed by atoms with van der Waals surface area (Å²) in [6.45, 7) is 0.204. The lowest BCUT2D eigenvalue weighted by molar-refractivity contribution is -0.385. The summed E-state index contributed by atoms with van der Waals surface area (Å²) < 4.78 is 12.7. The van der Waals surface area contributed by atoms with Crippen molar-refractivity contribution < 1.29 is 18.9 Å². The summed E-state index contributed by atoms with van der Waals surface area (Å²) in [6.07, 6.45) is 1.31. The zero-order chi connectivity index (χ0) is 23.4. The zero-order valence-electron chi connectivity index (χ0n) is 16.8. The van der Waals surface area contributed by atoms with Crippen molar-refractivity contribution in [2.45, 2.75) is 6.61 Å². The van der Waals surface area contributed by atoms with Gasteiger partial charge in [0.2, 0.25) is 0 Å². The van der Waals surface area contributed by atoms with Gasteiger partial charge in [-0.15, -0.1) is 0 Å². The average molecular weight is 573 g/mol. The number of nitrogens with one attached hydrogen (secondary N) is 1. The number of ether oxygens (including phenoxy) is 1. The largest absolute Gasteiger partial charge is 0.482 e. The van der Waals surface area contributed by atoms with Crippen LogP contribution in [0, 0.1) is 10.1 Å². The first-order chi connectivity index (χ1) is 15.9. The molecule has 0 bridgehead atoms. The maximum absolute atomic E-state index is 12.4. The van der Waals surface area contributed by atoms with Crippen LogP contribution in [0.2, 0.25) is 0 Å². The van der Waals surface area contributed by atoms with Gasteiger partial charge in [-0.1, -0.05) is 46.3 Å². The fourth-order valence-electron chi connectivity index (χ4n) is 3.02. The van der Waals surface area contributed by atoms with E-state index < -0.39 is 10.8 Å². The predicted molar refractivity (Wildman–Crippen MR) is 131 cm³/mol. The van der Waals surface area contributed by atoms with Crippen LogP contribution in [0.4, 0.5) is 5.69 Å². The molecule has 4 aromatic rings. The number of halogens is 2. The molecule has 1 heterocycles. The van der Waals surface area contributed by atoms with Gasteiger partial charge in [0.15, 0.2) is 11.5 Å². The van der Waals surface area contributed by atoms with Crippen LogP contribution < -0.4 is 10.2 Å². The number of fused-ring (bicyclic) bond motifs is 1.